The standard InChI is InChI=1S/C12H16O4/c1-7(2)4-5-9(13)11-10(14)6-8(3)16-12(11)15/h6-7,14H,4-5H2,1-3H3. The van der Waals surface area contributed by atoms with E-state index >= 15 is 0 Å². The summed E-state index contributed by atoms with van der Waals surface area (Å²) < 4.78 is 4.78. The first-order valence-corrected chi connectivity index (χ1v) is 5.28. The lowest BCUT2D eigenvalue weighted by molar-refractivity contribution is 0.0968. The first-order valence-electron chi connectivity index (χ1n) is 5.28. The molecule has 0 aromatic carbocycles. The van der Waals surface area contributed by atoms with Crippen molar-refractivity contribution >= 4 is 5.78 Å². The van der Waals surface area contributed by atoms with Crippen molar-refractivity contribution in [2.45, 2.75) is 33.6 Å². The highest BCUT2D eigenvalue weighted by atomic mass is 16.4. The van der Waals surface area contributed by atoms with Gasteiger partial charge in [0.05, 0.1) is 0 Å². The smallest absolute Gasteiger partial charge is 0.350 e. The molecule has 0 fully saturated rings. The van der Waals surface area contributed by atoms with Crippen molar-refractivity contribution in [1.29, 1.82) is 0 Å². The van der Waals surface area contributed by atoms with Gasteiger partial charge in [-0.15, -0.1) is 0 Å². The third-order valence-corrected chi connectivity index (χ3v) is 2.28. The molecule has 0 atom stereocenters. The summed E-state index contributed by atoms with van der Waals surface area (Å²) >= 11 is 0. The number of Topliss-reactive ketones (excluding diaryl/α,β-unsaturated/α-hetero) is 1. The van der Waals surface area contributed by atoms with Gasteiger partial charge in [0.1, 0.15) is 17.1 Å². The zero-order valence-electron chi connectivity index (χ0n) is 9.74. The Hall–Kier alpha value is -1.58. The third kappa shape index (κ3) is 2.95. The number of aromatic hydroxyl groups is 1. The Morgan fingerprint density at radius 2 is 2.12 bits per heavy atom. The van der Waals surface area contributed by atoms with Crippen LogP contribution < -0.4 is 5.63 Å². The molecule has 88 valence electrons. The van der Waals surface area contributed by atoms with E-state index in [1.54, 1.807) is 6.92 Å². The number of hydrogen-bond donors (Lipinski definition) is 1. The van der Waals surface area contributed by atoms with E-state index in [-0.39, 0.29) is 23.5 Å². The van der Waals surface area contributed by atoms with Gasteiger partial charge in [-0.05, 0) is 19.3 Å². The molecule has 0 aliphatic carbocycles. The summed E-state index contributed by atoms with van der Waals surface area (Å²) in [6, 6.07) is 1.28. The van der Waals surface area contributed by atoms with Crippen molar-refractivity contribution in [2.24, 2.45) is 5.92 Å². The molecule has 4 heteroatoms. The number of aryl methyl sites for hydroxylation is 1. The van der Waals surface area contributed by atoms with Crippen LogP contribution in [-0.4, -0.2) is 10.9 Å². The van der Waals surface area contributed by atoms with Gasteiger partial charge in [0, 0.05) is 12.5 Å². The van der Waals surface area contributed by atoms with Crippen LogP contribution in [0.5, 0.6) is 5.75 Å². The number of rotatable bonds is 4. The summed E-state index contributed by atoms with van der Waals surface area (Å²) in [5.41, 5.74) is -0.988. The summed E-state index contributed by atoms with van der Waals surface area (Å²) in [5, 5.41) is 9.53. The number of carbonyl (C=O) groups excluding carboxylic acids is 1. The van der Waals surface area contributed by atoms with Gasteiger partial charge in [-0.1, -0.05) is 13.8 Å². The lowest BCUT2D eigenvalue weighted by Gasteiger charge is -2.04. The zero-order valence-corrected chi connectivity index (χ0v) is 9.74. The fourth-order valence-electron chi connectivity index (χ4n) is 1.40. The predicted octanol–water partition coefficient (Wildman–Crippen LogP) is 2.27. The van der Waals surface area contributed by atoms with Crippen LogP contribution in [0.25, 0.3) is 0 Å². The Balaban J connectivity index is 2.96. The normalized spacial score (nSPS) is 10.8. The highest BCUT2D eigenvalue weighted by Gasteiger charge is 2.17. The fraction of sp³-hybridized carbons (Fsp3) is 0.500. The molecule has 0 bridgehead atoms. The lowest BCUT2D eigenvalue weighted by Crippen LogP contribution is -2.15. The molecule has 0 aliphatic heterocycles. The van der Waals surface area contributed by atoms with E-state index in [1.165, 1.54) is 6.07 Å². The second-order valence-corrected chi connectivity index (χ2v) is 4.26. The Morgan fingerprint density at radius 3 is 2.62 bits per heavy atom. The molecule has 0 saturated heterocycles. The first kappa shape index (κ1) is 12.5. The van der Waals surface area contributed by atoms with E-state index in [4.69, 9.17) is 4.42 Å². The van der Waals surface area contributed by atoms with Gasteiger partial charge in [-0.3, -0.25) is 4.79 Å². The molecular formula is C12H16O4. The SMILES string of the molecule is Cc1cc(O)c(C(=O)CCC(C)C)c(=O)o1. The summed E-state index contributed by atoms with van der Waals surface area (Å²) in [6.45, 7) is 5.53. The second kappa shape index (κ2) is 4.96. The minimum Gasteiger partial charge on any atom is -0.507 e. The maximum absolute atomic E-state index is 11.7. The highest BCUT2D eigenvalue weighted by Crippen LogP contribution is 2.17. The Kier molecular flexibility index (Phi) is 3.88. The number of ketones is 1. The van der Waals surface area contributed by atoms with E-state index in [1.807, 2.05) is 13.8 Å². The topological polar surface area (TPSA) is 67.5 Å². The maximum atomic E-state index is 11.7. The molecule has 1 aromatic rings. The van der Waals surface area contributed by atoms with Crippen LogP contribution in [0, 0.1) is 12.8 Å². The minimum atomic E-state index is -0.758. The largest absolute Gasteiger partial charge is 0.507 e. The highest BCUT2D eigenvalue weighted by molar-refractivity contribution is 5.97. The van der Waals surface area contributed by atoms with Gasteiger partial charge in [0.2, 0.25) is 0 Å². The summed E-state index contributed by atoms with van der Waals surface area (Å²) in [7, 11) is 0. The average Bonchev–Trinajstić information content (AvgIpc) is 2.12. The molecule has 0 amide bonds. The molecule has 1 heterocycles. The molecule has 16 heavy (non-hydrogen) atoms. The molecule has 1 aromatic heterocycles. The quantitative estimate of drug-likeness (QED) is 0.796. The summed E-state index contributed by atoms with van der Waals surface area (Å²) in [4.78, 5) is 23.1. The van der Waals surface area contributed by atoms with Crippen LogP contribution in [0.4, 0.5) is 0 Å². The van der Waals surface area contributed by atoms with Crippen LogP contribution in [-0.2, 0) is 0 Å². The molecule has 0 radical (unpaired) electrons. The minimum absolute atomic E-state index is 0.230. The Bertz CT molecular complexity index is 443. The fourth-order valence-corrected chi connectivity index (χ4v) is 1.40. The van der Waals surface area contributed by atoms with E-state index in [2.05, 4.69) is 0 Å². The van der Waals surface area contributed by atoms with Gasteiger partial charge in [0.25, 0.3) is 0 Å². The number of hydrogen-bond acceptors (Lipinski definition) is 4. The average molecular weight is 224 g/mol. The van der Waals surface area contributed by atoms with Crippen molar-refractivity contribution in [3.05, 3.63) is 27.8 Å². The van der Waals surface area contributed by atoms with Crippen molar-refractivity contribution in [1.82, 2.24) is 0 Å². The maximum Gasteiger partial charge on any atom is 0.350 e. The first-order chi connectivity index (χ1) is 7.41. The van der Waals surface area contributed by atoms with Crippen LogP contribution in [0.2, 0.25) is 0 Å². The molecule has 0 saturated carbocycles. The molecule has 0 spiro atoms. The van der Waals surface area contributed by atoms with Gasteiger partial charge in [-0.25, -0.2) is 4.79 Å². The molecule has 1 N–H and O–H groups in total. The van der Waals surface area contributed by atoms with Crippen molar-refractivity contribution in [2.75, 3.05) is 0 Å². The summed E-state index contributed by atoms with van der Waals surface area (Å²) in [6.07, 6.45) is 0.935. The van der Waals surface area contributed by atoms with Crippen molar-refractivity contribution < 1.29 is 14.3 Å². The molecule has 0 aliphatic rings. The molecule has 4 nitrogen and oxygen atoms in total. The van der Waals surface area contributed by atoms with Gasteiger partial charge < -0.3 is 9.52 Å². The number of carbonyl (C=O) groups is 1. The Labute approximate surface area is 93.9 Å². The van der Waals surface area contributed by atoms with Crippen LogP contribution in [0.3, 0.4) is 0 Å². The van der Waals surface area contributed by atoms with Crippen molar-refractivity contribution in [3.8, 4) is 5.75 Å². The van der Waals surface area contributed by atoms with Crippen molar-refractivity contribution in [3.63, 3.8) is 0 Å². The monoisotopic (exact) mass is 224 g/mol. The molecule has 1 rings (SSSR count). The molecule has 0 unspecified atom stereocenters. The zero-order chi connectivity index (χ0) is 12.3. The van der Waals surface area contributed by atoms with Gasteiger partial charge in [0.15, 0.2) is 5.78 Å². The van der Waals surface area contributed by atoms with E-state index in [0.29, 0.717) is 18.1 Å². The van der Waals surface area contributed by atoms with E-state index < -0.39 is 5.63 Å². The van der Waals surface area contributed by atoms with Gasteiger partial charge >= 0.3 is 5.63 Å². The molecular weight excluding hydrogens is 208 g/mol. The summed E-state index contributed by atoms with van der Waals surface area (Å²) in [5.74, 6) is 0.0222. The van der Waals surface area contributed by atoms with E-state index in [0.717, 1.165) is 0 Å². The lowest BCUT2D eigenvalue weighted by atomic mass is 10.0. The van der Waals surface area contributed by atoms with Crippen LogP contribution >= 0.6 is 0 Å². The third-order valence-electron chi connectivity index (χ3n) is 2.28. The van der Waals surface area contributed by atoms with Crippen LogP contribution in [0.15, 0.2) is 15.3 Å². The second-order valence-electron chi connectivity index (χ2n) is 4.26. The van der Waals surface area contributed by atoms with Crippen LogP contribution in [0.1, 0.15) is 42.8 Å². The Morgan fingerprint density at radius 1 is 1.50 bits per heavy atom. The van der Waals surface area contributed by atoms with Gasteiger partial charge in [-0.2, -0.15) is 0 Å². The van der Waals surface area contributed by atoms with E-state index in [9.17, 15) is 14.7 Å². The predicted molar refractivity (Wildman–Crippen MR) is 59.8 cm³/mol.